The third-order valence-electron chi connectivity index (χ3n) is 3.24. The third kappa shape index (κ3) is 4.77. The van der Waals surface area contributed by atoms with Gasteiger partial charge in [0.25, 0.3) is 0 Å². The molecule has 1 rings (SSSR count). The van der Waals surface area contributed by atoms with Gasteiger partial charge < -0.3 is 10.5 Å². The Bertz CT molecular complexity index is 404. The summed E-state index contributed by atoms with van der Waals surface area (Å²) in [6.07, 6.45) is 1.47. The summed E-state index contributed by atoms with van der Waals surface area (Å²) < 4.78 is 4.96. The van der Waals surface area contributed by atoms with Gasteiger partial charge in [0.15, 0.2) is 5.78 Å². The number of nitrogens with two attached hydrogens (primary N) is 1. The predicted octanol–water partition coefficient (Wildman–Crippen LogP) is 2.92. The fourth-order valence-corrected chi connectivity index (χ4v) is 1.93. The minimum Gasteiger partial charge on any atom is -0.385 e. The van der Waals surface area contributed by atoms with E-state index in [4.69, 9.17) is 10.5 Å². The second-order valence-corrected chi connectivity index (χ2v) is 5.93. The quantitative estimate of drug-likeness (QED) is 0.634. The Kier molecular flexibility index (Phi) is 5.70. The second-order valence-electron chi connectivity index (χ2n) is 5.93. The Morgan fingerprint density at radius 3 is 2.32 bits per heavy atom. The first-order valence-electron chi connectivity index (χ1n) is 6.75. The molecule has 0 aromatic heterocycles. The highest BCUT2D eigenvalue weighted by Crippen LogP contribution is 2.22. The van der Waals surface area contributed by atoms with Crippen LogP contribution in [0.3, 0.4) is 0 Å². The first kappa shape index (κ1) is 15.9. The number of methoxy groups -OCH3 is 1. The topological polar surface area (TPSA) is 52.3 Å². The molecule has 0 fully saturated rings. The van der Waals surface area contributed by atoms with Gasteiger partial charge in [0, 0.05) is 19.3 Å². The lowest BCUT2D eigenvalue weighted by atomic mass is 9.86. The van der Waals surface area contributed by atoms with Crippen LogP contribution in [0, 0.1) is 0 Å². The van der Waals surface area contributed by atoms with E-state index in [1.54, 1.807) is 7.11 Å². The molecule has 3 heteroatoms. The summed E-state index contributed by atoms with van der Waals surface area (Å²) in [7, 11) is 1.65. The molecule has 0 amide bonds. The minimum absolute atomic E-state index is 0.0107. The van der Waals surface area contributed by atoms with E-state index in [0.717, 1.165) is 6.42 Å². The molecule has 0 saturated carbocycles. The summed E-state index contributed by atoms with van der Waals surface area (Å²) in [4.78, 5) is 12.1. The molecule has 0 radical (unpaired) electrons. The molecule has 1 aromatic carbocycles. The summed E-state index contributed by atoms with van der Waals surface area (Å²) in [6.45, 7) is 7.10. The summed E-state index contributed by atoms with van der Waals surface area (Å²) in [5.74, 6) is 0.0107. The van der Waals surface area contributed by atoms with Gasteiger partial charge in [0.1, 0.15) is 0 Å². The molecule has 0 aliphatic rings. The monoisotopic (exact) mass is 263 g/mol. The standard InChI is InChI=1S/C16H25NO2/c1-16(2,3)13-9-7-12(8-10-13)15(18)14(17)6-5-11-19-4/h7-10,14H,5-6,11,17H2,1-4H3. The van der Waals surface area contributed by atoms with Crippen molar-refractivity contribution in [1.82, 2.24) is 0 Å². The van der Waals surface area contributed by atoms with E-state index in [-0.39, 0.29) is 11.2 Å². The molecule has 0 bridgehead atoms. The van der Waals surface area contributed by atoms with Crippen LogP contribution in [-0.4, -0.2) is 25.5 Å². The normalized spacial score (nSPS) is 13.3. The van der Waals surface area contributed by atoms with E-state index >= 15 is 0 Å². The second kappa shape index (κ2) is 6.83. The number of hydrogen-bond acceptors (Lipinski definition) is 3. The zero-order valence-corrected chi connectivity index (χ0v) is 12.4. The number of ether oxygens (including phenoxy) is 1. The Balaban J connectivity index is 2.67. The highest BCUT2D eigenvalue weighted by Gasteiger charge is 2.17. The molecule has 0 spiro atoms. The van der Waals surface area contributed by atoms with Crippen LogP contribution in [0.4, 0.5) is 0 Å². The first-order valence-corrected chi connectivity index (χ1v) is 6.75. The number of carbonyl (C=O) groups excluding carboxylic acids is 1. The Morgan fingerprint density at radius 2 is 1.84 bits per heavy atom. The van der Waals surface area contributed by atoms with E-state index in [2.05, 4.69) is 20.8 Å². The Morgan fingerprint density at radius 1 is 1.26 bits per heavy atom. The van der Waals surface area contributed by atoms with Gasteiger partial charge in [-0.05, 0) is 23.8 Å². The van der Waals surface area contributed by atoms with Crippen LogP contribution >= 0.6 is 0 Å². The van der Waals surface area contributed by atoms with Crippen LogP contribution in [-0.2, 0) is 10.2 Å². The molecule has 0 heterocycles. The number of Topliss-reactive ketones (excluding diaryl/α,β-unsaturated/α-hetero) is 1. The smallest absolute Gasteiger partial charge is 0.179 e. The Labute approximate surface area is 116 Å². The van der Waals surface area contributed by atoms with Crippen molar-refractivity contribution < 1.29 is 9.53 Å². The van der Waals surface area contributed by atoms with Gasteiger partial charge in [-0.2, -0.15) is 0 Å². The van der Waals surface area contributed by atoms with Crippen LogP contribution in [0.25, 0.3) is 0 Å². The molecule has 19 heavy (non-hydrogen) atoms. The zero-order chi connectivity index (χ0) is 14.5. The van der Waals surface area contributed by atoms with Crippen molar-refractivity contribution in [2.45, 2.75) is 45.1 Å². The van der Waals surface area contributed by atoms with Gasteiger partial charge in [-0.15, -0.1) is 0 Å². The third-order valence-corrected chi connectivity index (χ3v) is 3.24. The average Bonchev–Trinajstić information content (AvgIpc) is 2.37. The van der Waals surface area contributed by atoms with Crippen molar-refractivity contribution in [3.63, 3.8) is 0 Å². The van der Waals surface area contributed by atoms with Gasteiger partial charge in [0.05, 0.1) is 6.04 Å². The maximum Gasteiger partial charge on any atom is 0.179 e. The fraction of sp³-hybridized carbons (Fsp3) is 0.562. The van der Waals surface area contributed by atoms with E-state index in [0.29, 0.717) is 18.6 Å². The highest BCUT2D eigenvalue weighted by atomic mass is 16.5. The lowest BCUT2D eigenvalue weighted by Crippen LogP contribution is -2.30. The molecule has 1 unspecified atom stereocenters. The lowest BCUT2D eigenvalue weighted by molar-refractivity contribution is 0.0950. The number of hydrogen-bond donors (Lipinski definition) is 1. The maximum atomic E-state index is 12.1. The molecule has 3 nitrogen and oxygen atoms in total. The minimum atomic E-state index is -0.435. The lowest BCUT2D eigenvalue weighted by Gasteiger charge is -2.19. The summed E-state index contributed by atoms with van der Waals surface area (Å²) >= 11 is 0. The SMILES string of the molecule is COCCCC(N)C(=O)c1ccc(C(C)(C)C)cc1. The van der Waals surface area contributed by atoms with E-state index in [1.807, 2.05) is 24.3 Å². The van der Waals surface area contributed by atoms with Crippen LogP contribution in [0.2, 0.25) is 0 Å². The number of rotatable bonds is 6. The number of ketones is 1. The molecule has 2 N–H and O–H groups in total. The fourth-order valence-electron chi connectivity index (χ4n) is 1.93. The van der Waals surface area contributed by atoms with Gasteiger partial charge in [-0.1, -0.05) is 45.0 Å². The largest absolute Gasteiger partial charge is 0.385 e. The Hall–Kier alpha value is -1.19. The molecule has 1 atom stereocenters. The first-order chi connectivity index (χ1) is 8.86. The van der Waals surface area contributed by atoms with Crippen molar-refractivity contribution in [1.29, 1.82) is 0 Å². The average molecular weight is 263 g/mol. The maximum absolute atomic E-state index is 12.1. The molecule has 1 aromatic rings. The van der Waals surface area contributed by atoms with Crippen molar-refractivity contribution in [2.24, 2.45) is 5.73 Å². The molecular weight excluding hydrogens is 238 g/mol. The van der Waals surface area contributed by atoms with Crippen LogP contribution in [0.1, 0.15) is 49.5 Å². The van der Waals surface area contributed by atoms with E-state index in [9.17, 15) is 4.79 Å². The number of benzene rings is 1. The summed E-state index contributed by atoms with van der Waals surface area (Å²) in [5.41, 5.74) is 7.92. The van der Waals surface area contributed by atoms with Crippen LogP contribution in [0.15, 0.2) is 24.3 Å². The molecule has 0 aliphatic heterocycles. The van der Waals surface area contributed by atoms with Crippen LogP contribution in [0.5, 0.6) is 0 Å². The molecule has 0 aliphatic carbocycles. The van der Waals surface area contributed by atoms with E-state index < -0.39 is 6.04 Å². The predicted molar refractivity (Wildman–Crippen MR) is 78.6 cm³/mol. The molecule has 0 saturated heterocycles. The van der Waals surface area contributed by atoms with Crippen molar-refractivity contribution in [3.8, 4) is 0 Å². The zero-order valence-electron chi connectivity index (χ0n) is 12.4. The number of carbonyl (C=O) groups is 1. The molecular formula is C16H25NO2. The van der Waals surface area contributed by atoms with Gasteiger partial charge in [-0.3, -0.25) is 4.79 Å². The summed E-state index contributed by atoms with van der Waals surface area (Å²) in [5, 5.41) is 0. The van der Waals surface area contributed by atoms with Crippen molar-refractivity contribution in [2.75, 3.05) is 13.7 Å². The van der Waals surface area contributed by atoms with Crippen molar-refractivity contribution in [3.05, 3.63) is 35.4 Å². The van der Waals surface area contributed by atoms with Crippen LogP contribution < -0.4 is 5.73 Å². The molecule has 106 valence electrons. The highest BCUT2D eigenvalue weighted by molar-refractivity contribution is 5.99. The van der Waals surface area contributed by atoms with Gasteiger partial charge >= 0.3 is 0 Å². The van der Waals surface area contributed by atoms with Gasteiger partial charge in [-0.25, -0.2) is 0 Å². The van der Waals surface area contributed by atoms with Crippen molar-refractivity contribution >= 4 is 5.78 Å². The van der Waals surface area contributed by atoms with E-state index in [1.165, 1.54) is 5.56 Å². The van der Waals surface area contributed by atoms with Gasteiger partial charge in [0.2, 0.25) is 0 Å². The summed E-state index contributed by atoms with van der Waals surface area (Å²) in [6, 6.07) is 7.33.